The molecule has 1 aromatic carbocycles. The number of hydrogen-bond donors (Lipinski definition) is 3. The number of anilines is 1. The Morgan fingerprint density at radius 3 is 2.57 bits per heavy atom. The highest BCUT2D eigenvalue weighted by atomic mass is 19.1. The lowest BCUT2D eigenvalue weighted by Crippen LogP contribution is -2.29. The molecule has 158 valence electrons. The summed E-state index contributed by atoms with van der Waals surface area (Å²) in [7, 11) is 0. The fraction of sp³-hybridized carbons (Fsp3) is 0.381. The Labute approximate surface area is 173 Å². The number of aromatic amines is 1. The zero-order chi connectivity index (χ0) is 21.1. The van der Waals surface area contributed by atoms with E-state index >= 15 is 0 Å². The predicted octanol–water partition coefficient (Wildman–Crippen LogP) is 3.15. The maximum Gasteiger partial charge on any atom is 0.223 e. The van der Waals surface area contributed by atoms with E-state index in [1.807, 2.05) is 13.8 Å². The number of H-pyrrole nitrogens is 1. The Bertz CT molecular complexity index is 985. The van der Waals surface area contributed by atoms with Crippen LogP contribution in [0.3, 0.4) is 0 Å². The van der Waals surface area contributed by atoms with E-state index in [9.17, 15) is 9.50 Å². The molecule has 1 saturated heterocycles. The highest BCUT2D eigenvalue weighted by Gasteiger charge is 2.27. The first kappa shape index (κ1) is 20.4. The number of ether oxygens (including phenoxy) is 2. The van der Waals surface area contributed by atoms with E-state index in [4.69, 9.17) is 9.47 Å². The second kappa shape index (κ2) is 8.86. The molecule has 4 rings (SSSR count). The van der Waals surface area contributed by atoms with E-state index in [1.165, 1.54) is 12.1 Å². The number of aliphatic hydroxyl groups is 1. The molecule has 0 unspecified atom stereocenters. The molecule has 0 aliphatic carbocycles. The molecule has 0 amide bonds. The van der Waals surface area contributed by atoms with Crippen LogP contribution in [0.2, 0.25) is 0 Å². The van der Waals surface area contributed by atoms with Crippen LogP contribution in [-0.2, 0) is 9.47 Å². The van der Waals surface area contributed by atoms with Crippen molar-refractivity contribution in [1.29, 1.82) is 0 Å². The molecule has 8 nitrogen and oxygen atoms in total. The number of benzene rings is 1. The molecule has 0 spiro atoms. The predicted molar refractivity (Wildman–Crippen MR) is 109 cm³/mol. The summed E-state index contributed by atoms with van der Waals surface area (Å²) in [6.07, 6.45) is 0.984. The number of nitrogens with one attached hydrogen (secondary N) is 2. The van der Waals surface area contributed by atoms with Gasteiger partial charge < -0.3 is 24.9 Å². The Balaban J connectivity index is 1.73. The molecule has 30 heavy (non-hydrogen) atoms. The van der Waals surface area contributed by atoms with Gasteiger partial charge in [0.2, 0.25) is 12.2 Å². The van der Waals surface area contributed by atoms with E-state index in [0.717, 1.165) is 5.56 Å². The lowest BCUT2D eigenvalue weighted by atomic mass is 10.1. The highest BCUT2D eigenvalue weighted by molar-refractivity contribution is 5.77. The van der Waals surface area contributed by atoms with Gasteiger partial charge in [-0.25, -0.2) is 19.3 Å². The van der Waals surface area contributed by atoms with Crippen molar-refractivity contribution in [1.82, 2.24) is 19.9 Å². The maximum absolute atomic E-state index is 13.4. The summed E-state index contributed by atoms with van der Waals surface area (Å²) in [6.45, 7) is 4.76. The van der Waals surface area contributed by atoms with Gasteiger partial charge in [-0.05, 0) is 44.2 Å². The third-order valence-corrected chi connectivity index (χ3v) is 4.62. The molecule has 0 atom stereocenters. The highest BCUT2D eigenvalue weighted by Crippen LogP contribution is 2.33. The monoisotopic (exact) mass is 413 g/mol. The van der Waals surface area contributed by atoms with E-state index in [-0.39, 0.29) is 24.4 Å². The molecule has 3 aromatic rings. The molecule has 0 bridgehead atoms. The van der Waals surface area contributed by atoms with Crippen molar-refractivity contribution >= 4 is 5.95 Å². The van der Waals surface area contributed by atoms with Gasteiger partial charge in [0.15, 0.2) is 5.82 Å². The smallest absolute Gasteiger partial charge is 0.223 e. The largest absolute Gasteiger partial charge is 0.396 e. The summed E-state index contributed by atoms with van der Waals surface area (Å²) in [4.78, 5) is 16.8. The Hall–Kier alpha value is -2.88. The first-order valence-corrected chi connectivity index (χ1v) is 9.83. The van der Waals surface area contributed by atoms with Crippen molar-refractivity contribution in [2.24, 2.45) is 5.92 Å². The summed E-state index contributed by atoms with van der Waals surface area (Å²) in [5, 5.41) is 12.5. The molecule has 0 saturated carbocycles. The number of imidazole rings is 1. The minimum atomic E-state index is -0.684. The van der Waals surface area contributed by atoms with Gasteiger partial charge in [-0.3, -0.25) is 0 Å². The topological polar surface area (TPSA) is 105 Å². The van der Waals surface area contributed by atoms with E-state index in [1.54, 1.807) is 24.4 Å². The molecule has 9 heteroatoms. The SMILES string of the molecule is CC(C)Nc1nccc(-c2[nH]c(C3OCC(CO)CO3)nc2-c2ccc(F)cc2)n1. The van der Waals surface area contributed by atoms with Crippen LogP contribution < -0.4 is 5.32 Å². The van der Waals surface area contributed by atoms with Crippen molar-refractivity contribution in [3.8, 4) is 22.6 Å². The van der Waals surface area contributed by atoms with Gasteiger partial charge in [0.1, 0.15) is 5.82 Å². The number of aromatic nitrogens is 4. The number of hydrogen-bond acceptors (Lipinski definition) is 7. The maximum atomic E-state index is 13.4. The van der Waals surface area contributed by atoms with Gasteiger partial charge in [-0.15, -0.1) is 0 Å². The van der Waals surface area contributed by atoms with Crippen LogP contribution in [0.15, 0.2) is 36.5 Å². The summed E-state index contributed by atoms with van der Waals surface area (Å²) >= 11 is 0. The van der Waals surface area contributed by atoms with Crippen molar-refractivity contribution < 1.29 is 19.0 Å². The average molecular weight is 413 g/mol. The fourth-order valence-corrected chi connectivity index (χ4v) is 3.14. The van der Waals surface area contributed by atoms with Crippen molar-refractivity contribution in [3.05, 3.63) is 48.2 Å². The third-order valence-electron chi connectivity index (χ3n) is 4.62. The zero-order valence-electron chi connectivity index (χ0n) is 16.8. The van der Waals surface area contributed by atoms with Crippen LogP contribution in [0.25, 0.3) is 22.6 Å². The standard InChI is InChI=1S/C21H24FN5O3/c1-12(2)24-21-23-8-7-16(25-21)18-17(14-3-5-15(22)6-4-14)26-19(27-18)20-29-10-13(9-28)11-30-20/h3-8,12-13,20,28H,9-11H2,1-2H3,(H,26,27)(H,23,24,25). The molecule has 3 heterocycles. The lowest BCUT2D eigenvalue weighted by Gasteiger charge is -2.26. The van der Waals surface area contributed by atoms with Gasteiger partial charge in [-0.1, -0.05) is 0 Å². The Kier molecular flexibility index (Phi) is 6.03. The minimum Gasteiger partial charge on any atom is -0.396 e. The minimum absolute atomic E-state index is 0.00349. The molecular formula is C21H24FN5O3. The van der Waals surface area contributed by atoms with Gasteiger partial charge >= 0.3 is 0 Å². The van der Waals surface area contributed by atoms with Crippen LogP contribution >= 0.6 is 0 Å². The number of aliphatic hydroxyl groups excluding tert-OH is 1. The van der Waals surface area contributed by atoms with Crippen LogP contribution in [-0.4, -0.2) is 50.9 Å². The second-order valence-corrected chi connectivity index (χ2v) is 7.46. The van der Waals surface area contributed by atoms with Crippen LogP contribution in [0.5, 0.6) is 0 Å². The summed E-state index contributed by atoms with van der Waals surface area (Å²) < 4.78 is 24.9. The van der Waals surface area contributed by atoms with Crippen LogP contribution in [0.1, 0.15) is 26.0 Å². The van der Waals surface area contributed by atoms with E-state index < -0.39 is 6.29 Å². The Morgan fingerprint density at radius 1 is 1.17 bits per heavy atom. The number of nitrogens with zero attached hydrogens (tertiary/aromatic N) is 3. The van der Waals surface area contributed by atoms with Crippen LogP contribution in [0, 0.1) is 11.7 Å². The van der Waals surface area contributed by atoms with Crippen LogP contribution in [0.4, 0.5) is 10.3 Å². The molecule has 1 fully saturated rings. The summed E-state index contributed by atoms with van der Waals surface area (Å²) in [6, 6.07) is 8.06. The molecule has 2 aromatic heterocycles. The summed E-state index contributed by atoms with van der Waals surface area (Å²) in [5.41, 5.74) is 2.63. The molecule has 1 aliphatic heterocycles. The zero-order valence-corrected chi connectivity index (χ0v) is 16.8. The normalized spacial score (nSPS) is 19.2. The summed E-state index contributed by atoms with van der Waals surface area (Å²) in [5.74, 6) is 0.603. The molecule has 3 N–H and O–H groups in total. The number of rotatable bonds is 6. The fourth-order valence-electron chi connectivity index (χ4n) is 3.14. The van der Waals surface area contributed by atoms with Gasteiger partial charge in [-0.2, -0.15) is 0 Å². The van der Waals surface area contributed by atoms with E-state index in [2.05, 4.69) is 25.3 Å². The van der Waals surface area contributed by atoms with Gasteiger partial charge in [0.25, 0.3) is 0 Å². The van der Waals surface area contributed by atoms with Crippen molar-refractivity contribution in [2.45, 2.75) is 26.2 Å². The van der Waals surface area contributed by atoms with E-state index in [0.29, 0.717) is 42.1 Å². The van der Waals surface area contributed by atoms with Gasteiger partial charge in [0.05, 0.1) is 36.9 Å². The average Bonchev–Trinajstić information content (AvgIpc) is 3.19. The molecule has 0 radical (unpaired) electrons. The first-order chi connectivity index (χ1) is 14.5. The number of halogens is 1. The second-order valence-electron chi connectivity index (χ2n) is 7.46. The quantitative estimate of drug-likeness (QED) is 0.570. The molecule has 1 aliphatic rings. The van der Waals surface area contributed by atoms with Gasteiger partial charge in [0, 0.05) is 23.7 Å². The lowest BCUT2D eigenvalue weighted by molar-refractivity contribution is -0.213. The Morgan fingerprint density at radius 2 is 1.90 bits per heavy atom. The van der Waals surface area contributed by atoms with Crippen molar-refractivity contribution in [3.63, 3.8) is 0 Å². The molecular weight excluding hydrogens is 389 g/mol. The first-order valence-electron chi connectivity index (χ1n) is 9.83. The third kappa shape index (κ3) is 4.48. The van der Waals surface area contributed by atoms with Crippen molar-refractivity contribution in [2.75, 3.05) is 25.1 Å².